The smallest absolute Gasteiger partial charge is 0.306 e. The summed E-state index contributed by atoms with van der Waals surface area (Å²) in [6, 6.07) is 0. The highest BCUT2D eigenvalue weighted by Gasteiger charge is 2.19. The number of carbonyl (C=O) groups excluding carboxylic acids is 3. The van der Waals surface area contributed by atoms with Crippen molar-refractivity contribution in [3.63, 3.8) is 0 Å². The summed E-state index contributed by atoms with van der Waals surface area (Å²) in [4.78, 5) is 38.1. The second kappa shape index (κ2) is 56.2. The second-order valence-electron chi connectivity index (χ2n) is 18.8. The molecule has 0 heterocycles. The van der Waals surface area contributed by atoms with Gasteiger partial charge in [-0.2, -0.15) is 0 Å². The van der Waals surface area contributed by atoms with Gasteiger partial charge in [-0.1, -0.05) is 228 Å². The SMILES string of the molecule is CC/C=C\C/C=C\C/C=C\C/C=C\CCCCCCCCC(=O)OCC(COC(=O)CCCCCCCCC/C=C\CCCCCC)OC(=O)CCCCC/C=C\C=C/CCCCCCCCC. The van der Waals surface area contributed by atoms with Crippen LogP contribution in [-0.4, -0.2) is 37.2 Å². The molecule has 6 heteroatoms. The van der Waals surface area contributed by atoms with Crippen LogP contribution in [0, 0.1) is 0 Å². The van der Waals surface area contributed by atoms with Crippen molar-refractivity contribution in [2.45, 2.75) is 277 Å². The zero-order valence-corrected chi connectivity index (χ0v) is 44.6. The highest BCUT2D eigenvalue weighted by molar-refractivity contribution is 5.71. The highest BCUT2D eigenvalue weighted by atomic mass is 16.6. The van der Waals surface area contributed by atoms with Gasteiger partial charge in [0.05, 0.1) is 0 Å². The van der Waals surface area contributed by atoms with E-state index in [2.05, 4.69) is 106 Å². The number of hydrogen-bond acceptors (Lipinski definition) is 6. The average molecular weight is 948 g/mol. The Morgan fingerprint density at radius 1 is 0.324 bits per heavy atom. The van der Waals surface area contributed by atoms with E-state index in [1.165, 1.54) is 122 Å². The van der Waals surface area contributed by atoms with Crippen LogP contribution < -0.4 is 0 Å². The van der Waals surface area contributed by atoms with E-state index < -0.39 is 6.10 Å². The second-order valence-corrected chi connectivity index (χ2v) is 18.8. The van der Waals surface area contributed by atoms with Crippen LogP contribution in [0.25, 0.3) is 0 Å². The summed E-state index contributed by atoms with van der Waals surface area (Å²) < 4.78 is 16.8. The minimum Gasteiger partial charge on any atom is -0.462 e. The average Bonchev–Trinajstić information content (AvgIpc) is 3.34. The van der Waals surface area contributed by atoms with Crippen molar-refractivity contribution in [3.8, 4) is 0 Å². The van der Waals surface area contributed by atoms with E-state index >= 15 is 0 Å². The summed E-state index contributed by atoms with van der Waals surface area (Å²) in [5.74, 6) is -0.934. The summed E-state index contributed by atoms with van der Waals surface area (Å²) in [7, 11) is 0. The van der Waals surface area contributed by atoms with Crippen molar-refractivity contribution < 1.29 is 28.6 Å². The van der Waals surface area contributed by atoms with E-state index in [-0.39, 0.29) is 31.1 Å². The Morgan fingerprint density at radius 2 is 0.618 bits per heavy atom. The van der Waals surface area contributed by atoms with Crippen molar-refractivity contribution in [1.29, 1.82) is 0 Å². The van der Waals surface area contributed by atoms with Gasteiger partial charge >= 0.3 is 17.9 Å². The fraction of sp³-hybridized carbons (Fsp3) is 0.726. The van der Waals surface area contributed by atoms with Crippen LogP contribution in [0.4, 0.5) is 0 Å². The molecule has 0 aliphatic rings. The molecule has 0 amide bonds. The molecule has 0 aliphatic carbocycles. The van der Waals surface area contributed by atoms with Gasteiger partial charge in [0, 0.05) is 19.3 Å². The molecule has 1 unspecified atom stereocenters. The van der Waals surface area contributed by atoms with E-state index in [4.69, 9.17) is 14.2 Å². The van der Waals surface area contributed by atoms with Crippen LogP contribution in [-0.2, 0) is 28.6 Å². The van der Waals surface area contributed by atoms with Gasteiger partial charge in [-0.15, -0.1) is 0 Å². The number of rotatable bonds is 51. The monoisotopic (exact) mass is 947 g/mol. The molecule has 0 rings (SSSR count). The molecular weight excluding hydrogens is 841 g/mol. The lowest BCUT2D eigenvalue weighted by Crippen LogP contribution is -2.30. The molecule has 0 aromatic heterocycles. The fourth-order valence-corrected chi connectivity index (χ4v) is 7.83. The maximum atomic E-state index is 12.8. The number of hydrogen-bond donors (Lipinski definition) is 0. The third kappa shape index (κ3) is 53.5. The molecule has 0 saturated heterocycles. The number of allylic oxidation sites excluding steroid dienone is 14. The number of carbonyl (C=O) groups is 3. The number of ether oxygens (including phenoxy) is 3. The largest absolute Gasteiger partial charge is 0.462 e. The van der Waals surface area contributed by atoms with Crippen LogP contribution in [0.15, 0.2) is 85.1 Å². The maximum Gasteiger partial charge on any atom is 0.306 e. The summed E-state index contributed by atoms with van der Waals surface area (Å²) in [5, 5.41) is 0. The molecular formula is C62H106O6. The van der Waals surface area contributed by atoms with Crippen molar-refractivity contribution >= 4 is 17.9 Å². The third-order valence-electron chi connectivity index (χ3n) is 12.1. The van der Waals surface area contributed by atoms with Crippen LogP contribution in [0.5, 0.6) is 0 Å². The summed E-state index contributed by atoms with van der Waals surface area (Å²) >= 11 is 0. The Hall–Kier alpha value is -3.41. The zero-order valence-electron chi connectivity index (χ0n) is 44.6. The van der Waals surface area contributed by atoms with Gasteiger partial charge in [0.2, 0.25) is 0 Å². The minimum absolute atomic E-state index is 0.0940. The Morgan fingerprint density at radius 3 is 1.03 bits per heavy atom. The van der Waals surface area contributed by atoms with E-state index in [1.54, 1.807) is 0 Å². The predicted octanol–water partition coefficient (Wildman–Crippen LogP) is 19.2. The lowest BCUT2D eigenvalue weighted by molar-refractivity contribution is -0.167. The Balaban J connectivity index is 4.45. The van der Waals surface area contributed by atoms with Gasteiger partial charge in [0.15, 0.2) is 6.10 Å². The lowest BCUT2D eigenvalue weighted by Gasteiger charge is -2.18. The molecule has 0 fully saturated rings. The summed E-state index contributed by atoms with van der Waals surface area (Å²) in [5.41, 5.74) is 0. The zero-order chi connectivity index (χ0) is 49.3. The predicted molar refractivity (Wildman–Crippen MR) is 293 cm³/mol. The first-order valence-corrected chi connectivity index (χ1v) is 28.6. The highest BCUT2D eigenvalue weighted by Crippen LogP contribution is 2.14. The molecule has 0 saturated carbocycles. The topological polar surface area (TPSA) is 78.9 Å². The Labute approximate surface area is 420 Å². The molecule has 6 nitrogen and oxygen atoms in total. The molecule has 0 aliphatic heterocycles. The fourth-order valence-electron chi connectivity index (χ4n) is 7.83. The molecule has 390 valence electrons. The van der Waals surface area contributed by atoms with Crippen molar-refractivity contribution in [2.24, 2.45) is 0 Å². The van der Waals surface area contributed by atoms with E-state index in [0.29, 0.717) is 19.3 Å². The molecule has 0 aromatic carbocycles. The lowest BCUT2D eigenvalue weighted by atomic mass is 10.1. The van der Waals surface area contributed by atoms with Gasteiger partial charge in [0.1, 0.15) is 13.2 Å². The molecule has 0 radical (unpaired) electrons. The Kier molecular flexibility index (Phi) is 53.4. The molecule has 0 aromatic rings. The van der Waals surface area contributed by atoms with Crippen molar-refractivity contribution in [1.82, 2.24) is 0 Å². The normalized spacial score (nSPS) is 12.7. The van der Waals surface area contributed by atoms with Crippen LogP contribution in [0.3, 0.4) is 0 Å². The molecule has 0 bridgehead atoms. The van der Waals surface area contributed by atoms with Crippen molar-refractivity contribution in [3.05, 3.63) is 85.1 Å². The van der Waals surface area contributed by atoms with Crippen LogP contribution in [0.1, 0.15) is 271 Å². The standard InChI is InChI=1S/C62H106O6/c1-4-7-10-13-16-19-22-25-28-30-31-32-35-37-40-43-46-49-52-55-61(64)67-58-59(57-66-60(63)54-51-48-45-42-39-36-33-27-24-21-18-15-12-9-6-3)68-62(65)56-53-50-47-44-41-38-34-29-26-23-20-17-14-11-8-5-2/h7,10,16,19,21,24-25,28-29,31-32,34,38,41,59H,4-6,8-9,11-15,17-18,20,22-23,26-27,30,33,35-37,39-40,42-58H2,1-3H3/b10-7-,19-16-,24-21-,28-25-,32-31-,34-29-,41-38-. The van der Waals surface area contributed by atoms with Gasteiger partial charge in [-0.3, -0.25) is 14.4 Å². The van der Waals surface area contributed by atoms with Gasteiger partial charge in [-0.25, -0.2) is 0 Å². The molecule has 0 spiro atoms. The Bertz CT molecular complexity index is 1320. The number of esters is 3. The maximum absolute atomic E-state index is 12.8. The van der Waals surface area contributed by atoms with Gasteiger partial charge in [0.25, 0.3) is 0 Å². The molecule has 0 N–H and O–H groups in total. The summed E-state index contributed by atoms with van der Waals surface area (Å²) in [6.45, 7) is 6.48. The van der Waals surface area contributed by atoms with Gasteiger partial charge < -0.3 is 14.2 Å². The first-order chi connectivity index (χ1) is 33.5. The van der Waals surface area contributed by atoms with E-state index in [0.717, 1.165) is 109 Å². The van der Waals surface area contributed by atoms with Crippen LogP contribution in [0.2, 0.25) is 0 Å². The quantitative estimate of drug-likeness (QED) is 0.0199. The minimum atomic E-state index is -0.799. The van der Waals surface area contributed by atoms with Crippen molar-refractivity contribution in [2.75, 3.05) is 13.2 Å². The number of unbranched alkanes of at least 4 members (excludes halogenated alkanes) is 27. The van der Waals surface area contributed by atoms with E-state index in [1.807, 2.05) is 0 Å². The first kappa shape index (κ1) is 64.6. The summed E-state index contributed by atoms with van der Waals surface area (Å²) in [6.07, 6.45) is 72.8. The van der Waals surface area contributed by atoms with E-state index in [9.17, 15) is 14.4 Å². The third-order valence-corrected chi connectivity index (χ3v) is 12.1. The first-order valence-electron chi connectivity index (χ1n) is 28.6. The molecule has 68 heavy (non-hydrogen) atoms. The van der Waals surface area contributed by atoms with Gasteiger partial charge in [-0.05, 0) is 109 Å². The molecule has 1 atom stereocenters. The van der Waals surface area contributed by atoms with Crippen LogP contribution >= 0.6 is 0 Å².